The molecule has 2 saturated heterocycles. The fourth-order valence-corrected chi connectivity index (χ4v) is 5.36. The third-order valence-corrected chi connectivity index (χ3v) is 7.33. The van der Waals surface area contributed by atoms with Gasteiger partial charge in [-0.25, -0.2) is 12.7 Å². The van der Waals surface area contributed by atoms with Gasteiger partial charge >= 0.3 is 0 Å². The van der Waals surface area contributed by atoms with Crippen LogP contribution in [0, 0.1) is 0 Å². The lowest BCUT2D eigenvalue weighted by molar-refractivity contribution is 0.0194. The summed E-state index contributed by atoms with van der Waals surface area (Å²) in [5, 5.41) is 10.8. The van der Waals surface area contributed by atoms with Crippen LogP contribution >= 0.6 is 0 Å². The molecular weight excluding hydrogens is 406 g/mol. The van der Waals surface area contributed by atoms with E-state index >= 15 is 0 Å². The highest BCUT2D eigenvalue weighted by Crippen LogP contribution is 2.24. The van der Waals surface area contributed by atoms with Crippen LogP contribution in [-0.2, 0) is 14.8 Å². The van der Waals surface area contributed by atoms with Crippen molar-refractivity contribution in [2.75, 3.05) is 45.6 Å². The molecule has 1 unspecified atom stereocenters. The van der Waals surface area contributed by atoms with Crippen LogP contribution in [-0.4, -0.2) is 91.5 Å². The van der Waals surface area contributed by atoms with E-state index in [2.05, 4.69) is 20.4 Å². The van der Waals surface area contributed by atoms with Gasteiger partial charge in [0.15, 0.2) is 5.69 Å². The Hall–Kier alpha value is -2.01. The number of amides is 1. The normalized spacial score (nSPS) is 21.5. The number of carbonyl (C=O) groups excluding carboxylic acids is 1. The highest BCUT2D eigenvalue weighted by molar-refractivity contribution is 7.88. The molecule has 1 amide bonds. The molecule has 30 heavy (non-hydrogen) atoms. The average Bonchev–Trinajstić information content (AvgIpc) is 3.39. The Kier molecular flexibility index (Phi) is 6.37. The quantitative estimate of drug-likeness (QED) is 0.666. The van der Waals surface area contributed by atoms with Crippen molar-refractivity contribution >= 4 is 26.8 Å². The fourth-order valence-electron chi connectivity index (χ4n) is 4.48. The summed E-state index contributed by atoms with van der Waals surface area (Å²) in [6.07, 6.45) is 3.92. The van der Waals surface area contributed by atoms with Crippen molar-refractivity contribution in [3.05, 3.63) is 30.0 Å². The molecule has 2 aliphatic heterocycles. The van der Waals surface area contributed by atoms with Gasteiger partial charge in [0.05, 0.1) is 11.8 Å². The molecule has 4 rings (SSSR count). The molecule has 0 aliphatic carbocycles. The van der Waals surface area contributed by atoms with E-state index in [1.807, 2.05) is 24.3 Å². The van der Waals surface area contributed by atoms with Gasteiger partial charge in [-0.3, -0.25) is 14.8 Å². The van der Waals surface area contributed by atoms with Gasteiger partial charge in [0.1, 0.15) is 0 Å². The number of rotatable bonds is 7. The number of carbonyl (C=O) groups is 1. The van der Waals surface area contributed by atoms with Crippen LogP contribution in [0.25, 0.3) is 10.9 Å². The standard InChI is InChI=1S/C20H29N5O4S/c1-30(27,28)24-10-6-16(14-24)25(15-7-12-29-13-8-15)11-9-21-20(26)19-17-4-2-3-5-18(17)22-23-19/h2-5,15-16H,6-14H2,1H3,(H,21,26)(H,22,23). The summed E-state index contributed by atoms with van der Waals surface area (Å²) < 4.78 is 30.9. The summed E-state index contributed by atoms with van der Waals surface area (Å²) in [5.74, 6) is -0.205. The molecule has 164 valence electrons. The number of ether oxygens (including phenoxy) is 1. The van der Waals surface area contributed by atoms with E-state index in [-0.39, 0.29) is 11.9 Å². The summed E-state index contributed by atoms with van der Waals surface area (Å²) in [4.78, 5) is 15.0. The number of H-pyrrole nitrogens is 1. The first-order valence-corrected chi connectivity index (χ1v) is 12.3. The maximum absolute atomic E-state index is 12.7. The van der Waals surface area contributed by atoms with Gasteiger partial charge in [0.25, 0.3) is 5.91 Å². The fraction of sp³-hybridized carbons (Fsp3) is 0.600. The second-order valence-corrected chi connectivity index (χ2v) is 10.0. The van der Waals surface area contributed by atoms with Crippen LogP contribution < -0.4 is 5.32 Å². The molecule has 0 bridgehead atoms. The lowest BCUT2D eigenvalue weighted by atomic mass is 10.0. The molecule has 1 aromatic heterocycles. The minimum absolute atomic E-state index is 0.158. The van der Waals surface area contributed by atoms with Crippen LogP contribution in [0.2, 0.25) is 0 Å². The van der Waals surface area contributed by atoms with E-state index in [9.17, 15) is 13.2 Å². The minimum atomic E-state index is -3.18. The first kappa shape index (κ1) is 21.2. The Bertz CT molecular complexity index is 986. The van der Waals surface area contributed by atoms with Gasteiger partial charge in [0.2, 0.25) is 10.0 Å². The summed E-state index contributed by atoms with van der Waals surface area (Å²) in [6.45, 7) is 3.64. The van der Waals surface area contributed by atoms with Crippen LogP contribution in [0.1, 0.15) is 29.8 Å². The number of benzene rings is 1. The average molecular weight is 436 g/mol. The molecule has 9 nitrogen and oxygen atoms in total. The molecule has 3 heterocycles. The second-order valence-electron chi connectivity index (χ2n) is 8.02. The van der Waals surface area contributed by atoms with Crippen molar-refractivity contribution in [3.8, 4) is 0 Å². The number of nitrogens with one attached hydrogen (secondary N) is 2. The topological polar surface area (TPSA) is 108 Å². The Labute approximate surface area is 176 Å². The van der Waals surface area contributed by atoms with E-state index in [4.69, 9.17) is 4.74 Å². The third kappa shape index (κ3) is 4.66. The van der Waals surface area contributed by atoms with Crippen molar-refractivity contribution in [3.63, 3.8) is 0 Å². The van der Waals surface area contributed by atoms with E-state index in [1.165, 1.54) is 6.26 Å². The molecule has 2 aromatic rings. The van der Waals surface area contributed by atoms with Crippen LogP contribution in [0.15, 0.2) is 24.3 Å². The summed E-state index contributed by atoms with van der Waals surface area (Å²) in [7, 11) is -3.18. The van der Waals surface area contributed by atoms with Crippen LogP contribution in [0.3, 0.4) is 0 Å². The number of nitrogens with zero attached hydrogens (tertiary/aromatic N) is 3. The molecule has 1 aromatic carbocycles. The number of hydrogen-bond donors (Lipinski definition) is 2. The SMILES string of the molecule is CS(=O)(=O)N1CCC(N(CCNC(=O)c2n[nH]c3ccccc23)C2CCOCC2)C1. The second kappa shape index (κ2) is 9.01. The van der Waals surface area contributed by atoms with E-state index in [0.717, 1.165) is 43.4 Å². The molecule has 2 fully saturated rings. The monoisotopic (exact) mass is 435 g/mol. The molecule has 0 spiro atoms. The maximum atomic E-state index is 12.7. The number of aromatic amines is 1. The van der Waals surface area contributed by atoms with Gasteiger partial charge in [-0.2, -0.15) is 5.10 Å². The zero-order valence-electron chi connectivity index (χ0n) is 17.2. The van der Waals surface area contributed by atoms with E-state index < -0.39 is 10.0 Å². The van der Waals surface area contributed by atoms with Crippen LogP contribution in [0.5, 0.6) is 0 Å². The van der Waals surface area contributed by atoms with E-state index in [1.54, 1.807) is 4.31 Å². The number of aromatic nitrogens is 2. The zero-order valence-corrected chi connectivity index (χ0v) is 18.0. The van der Waals surface area contributed by atoms with Gasteiger partial charge < -0.3 is 10.1 Å². The number of hydrogen-bond acceptors (Lipinski definition) is 6. The molecule has 2 N–H and O–H groups in total. The lowest BCUT2D eigenvalue weighted by Crippen LogP contribution is -2.50. The Morgan fingerprint density at radius 3 is 2.77 bits per heavy atom. The number of para-hydroxylation sites is 1. The summed E-state index contributed by atoms with van der Waals surface area (Å²) in [5.41, 5.74) is 1.23. The summed E-state index contributed by atoms with van der Waals surface area (Å²) >= 11 is 0. The molecule has 0 radical (unpaired) electrons. The molecule has 2 aliphatic rings. The van der Waals surface area contributed by atoms with Crippen molar-refractivity contribution in [2.45, 2.75) is 31.3 Å². The molecular formula is C20H29N5O4S. The first-order valence-electron chi connectivity index (χ1n) is 10.4. The predicted molar refractivity (Wildman–Crippen MR) is 114 cm³/mol. The predicted octanol–water partition coefficient (Wildman–Crippen LogP) is 0.808. The zero-order chi connectivity index (χ0) is 21.1. The smallest absolute Gasteiger partial charge is 0.272 e. The number of sulfonamides is 1. The van der Waals surface area contributed by atoms with Crippen molar-refractivity contribution in [2.24, 2.45) is 0 Å². The largest absolute Gasteiger partial charge is 0.381 e. The molecule has 1 atom stereocenters. The van der Waals surface area contributed by atoms with Crippen LogP contribution in [0.4, 0.5) is 0 Å². The van der Waals surface area contributed by atoms with Gasteiger partial charge in [-0.1, -0.05) is 18.2 Å². The third-order valence-electron chi connectivity index (χ3n) is 6.06. The van der Waals surface area contributed by atoms with E-state index in [0.29, 0.717) is 37.9 Å². The minimum Gasteiger partial charge on any atom is -0.381 e. The highest BCUT2D eigenvalue weighted by atomic mass is 32.2. The van der Waals surface area contributed by atoms with Crippen molar-refractivity contribution < 1.29 is 17.9 Å². The van der Waals surface area contributed by atoms with Gasteiger partial charge in [-0.05, 0) is 25.3 Å². The molecule has 10 heteroatoms. The maximum Gasteiger partial charge on any atom is 0.272 e. The summed E-state index contributed by atoms with van der Waals surface area (Å²) in [6, 6.07) is 8.04. The Balaban J connectivity index is 1.40. The highest BCUT2D eigenvalue weighted by Gasteiger charge is 2.35. The Morgan fingerprint density at radius 2 is 2.03 bits per heavy atom. The lowest BCUT2D eigenvalue weighted by Gasteiger charge is -2.38. The van der Waals surface area contributed by atoms with Crippen molar-refractivity contribution in [1.82, 2.24) is 24.7 Å². The van der Waals surface area contributed by atoms with Gasteiger partial charge in [0, 0.05) is 56.9 Å². The molecule has 0 saturated carbocycles. The van der Waals surface area contributed by atoms with Gasteiger partial charge in [-0.15, -0.1) is 0 Å². The van der Waals surface area contributed by atoms with Crippen molar-refractivity contribution in [1.29, 1.82) is 0 Å². The first-order chi connectivity index (χ1) is 14.4. The number of fused-ring (bicyclic) bond motifs is 1. The Morgan fingerprint density at radius 1 is 1.27 bits per heavy atom.